The lowest BCUT2D eigenvalue weighted by atomic mass is 9.72. The maximum atomic E-state index is 12.5. The van der Waals surface area contributed by atoms with Crippen LogP contribution >= 0.6 is 0 Å². The molecule has 3 aromatic rings. The second-order valence-electron chi connectivity index (χ2n) is 8.80. The Kier molecular flexibility index (Phi) is 4.23. The van der Waals surface area contributed by atoms with Crippen LogP contribution in [0.1, 0.15) is 31.4 Å². The Balaban J connectivity index is 1.86. The van der Waals surface area contributed by atoms with Gasteiger partial charge in [-0.25, -0.2) is 8.42 Å². The quantitative estimate of drug-likeness (QED) is 0.644. The van der Waals surface area contributed by atoms with Crippen molar-refractivity contribution in [3.8, 4) is 11.3 Å². The summed E-state index contributed by atoms with van der Waals surface area (Å²) in [5, 5.41) is 4.28. The first-order valence-corrected chi connectivity index (χ1v) is 12.2. The van der Waals surface area contributed by atoms with Crippen molar-refractivity contribution in [2.75, 3.05) is 6.26 Å². The van der Waals surface area contributed by atoms with E-state index in [4.69, 9.17) is 0 Å². The number of nitrogens with zero attached hydrogens (tertiary/aromatic N) is 2. The van der Waals surface area contributed by atoms with E-state index in [9.17, 15) is 8.42 Å². The third-order valence-electron chi connectivity index (χ3n) is 6.61. The molecule has 0 bridgehead atoms. The van der Waals surface area contributed by atoms with E-state index < -0.39 is 20.5 Å². The zero-order valence-corrected chi connectivity index (χ0v) is 18.2. The monoisotopic (exact) mass is 416 g/mol. The molecule has 2 aliphatic rings. The lowest BCUT2D eigenvalue weighted by Crippen LogP contribution is -2.46. The van der Waals surface area contributed by atoms with Gasteiger partial charge in [0.2, 0.25) is 0 Å². The molecule has 0 amide bonds. The van der Waals surface area contributed by atoms with Gasteiger partial charge >= 0.3 is 0 Å². The first-order chi connectivity index (χ1) is 14.3. The third kappa shape index (κ3) is 2.83. The molecule has 4 nitrogen and oxygen atoms in total. The summed E-state index contributed by atoms with van der Waals surface area (Å²) in [5.41, 5.74) is 3.90. The van der Waals surface area contributed by atoms with Crippen molar-refractivity contribution >= 4 is 22.0 Å². The highest BCUT2D eigenvalue weighted by molar-refractivity contribution is 7.91. The summed E-state index contributed by atoms with van der Waals surface area (Å²) < 4.78 is 25.1. The molecule has 30 heavy (non-hydrogen) atoms. The van der Waals surface area contributed by atoms with Crippen molar-refractivity contribution in [1.29, 1.82) is 0 Å². The van der Waals surface area contributed by atoms with Gasteiger partial charge in [-0.15, -0.1) is 0 Å². The number of hydrogen-bond acceptors (Lipinski definition) is 4. The number of rotatable bonds is 2. The van der Waals surface area contributed by atoms with Gasteiger partial charge < -0.3 is 0 Å². The maximum Gasteiger partial charge on any atom is 0.151 e. The van der Waals surface area contributed by atoms with E-state index in [0.29, 0.717) is 6.42 Å². The van der Waals surface area contributed by atoms with Crippen LogP contribution in [-0.4, -0.2) is 29.9 Å². The van der Waals surface area contributed by atoms with Crippen molar-refractivity contribution in [3.05, 3.63) is 80.9 Å². The van der Waals surface area contributed by atoms with E-state index >= 15 is 0 Å². The highest BCUT2D eigenvalue weighted by Crippen LogP contribution is 2.37. The van der Waals surface area contributed by atoms with E-state index in [1.54, 1.807) is 18.6 Å². The van der Waals surface area contributed by atoms with Gasteiger partial charge in [0.15, 0.2) is 9.84 Å². The van der Waals surface area contributed by atoms with Crippen LogP contribution in [0, 0.1) is 10.4 Å². The molecule has 0 saturated carbocycles. The molecule has 2 aliphatic carbocycles. The summed E-state index contributed by atoms with van der Waals surface area (Å²) in [5.74, 6) is 0. The van der Waals surface area contributed by atoms with E-state index in [1.165, 1.54) is 38.3 Å². The molecule has 1 heterocycles. The van der Waals surface area contributed by atoms with Gasteiger partial charge in [0.25, 0.3) is 0 Å². The van der Waals surface area contributed by atoms with Gasteiger partial charge in [0.05, 0.1) is 17.1 Å². The van der Waals surface area contributed by atoms with Crippen molar-refractivity contribution < 1.29 is 8.42 Å². The Hall–Kier alpha value is -2.79. The van der Waals surface area contributed by atoms with Crippen LogP contribution in [0.4, 0.5) is 0 Å². The minimum absolute atomic E-state index is 0.406. The van der Waals surface area contributed by atoms with Crippen molar-refractivity contribution in [2.24, 2.45) is 0 Å². The highest BCUT2D eigenvalue weighted by atomic mass is 32.2. The van der Waals surface area contributed by atoms with Crippen LogP contribution < -0.4 is 10.4 Å². The number of aromatic nitrogens is 2. The van der Waals surface area contributed by atoms with Gasteiger partial charge in [-0.3, -0.25) is 9.97 Å². The summed E-state index contributed by atoms with van der Waals surface area (Å²) in [4.78, 5) is 8.71. The average Bonchev–Trinajstić information content (AvgIpc) is 2.72. The predicted molar refractivity (Wildman–Crippen MR) is 120 cm³/mol. The van der Waals surface area contributed by atoms with Gasteiger partial charge in [-0.2, -0.15) is 0 Å². The van der Waals surface area contributed by atoms with E-state index in [0.717, 1.165) is 17.7 Å². The van der Waals surface area contributed by atoms with Gasteiger partial charge in [-0.05, 0) is 44.8 Å². The second kappa shape index (κ2) is 6.61. The Labute approximate surface area is 176 Å². The highest BCUT2D eigenvalue weighted by Gasteiger charge is 2.41. The molecular formula is C25H24N2O2S. The summed E-state index contributed by atoms with van der Waals surface area (Å²) in [6.45, 7) is 4.16. The lowest BCUT2D eigenvalue weighted by Gasteiger charge is -2.38. The Morgan fingerprint density at radius 2 is 1.87 bits per heavy atom. The smallest absolute Gasteiger partial charge is 0.151 e. The number of hydrogen-bond donors (Lipinski definition) is 0. The second-order valence-corrected chi connectivity index (χ2v) is 11.0. The largest absolute Gasteiger partial charge is 0.261 e. The maximum absolute atomic E-state index is 12.5. The Morgan fingerprint density at radius 3 is 2.60 bits per heavy atom. The first kappa shape index (κ1) is 19.2. The van der Waals surface area contributed by atoms with E-state index in [1.807, 2.05) is 0 Å². The van der Waals surface area contributed by atoms with Crippen LogP contribution in [0.25, 0.3) is 23.4 Å². The van der Waals surface area contributed by atoms with Gasteiger partial charge in [-0.1, -0.05) is 56.3 Å². The minimum atomic E-state index is -3.16. The Bertz CT molecular complexity index is 1490. The SMILES string of the molecule is CC1(C)c2c3c(ccc2=CCC1S(C)(=O)=O)=c1cccc(-c2cnccn2)c1=CC3. The molecule has 152 valence electrons. The third-order valence-corrected chi connectivity index (χ3v) is 8.42. The number of fused-ring (bicyclic) bond motifs is 4. The van der Waals surface area contributed by atoms with Crippen molar-refractivity contribution in [3.63, 3.8) is 0 Å². The molecule has 0 spiro atoms. The fraction of sp³-hybridized carbons (Fsp3) is 0.280. The van der Waals surface area contributed by atoms with Crippen molar-refractivity contribution in [2.45, 2.75) is 37.4 Å². The topological polar surface area (TPSA) is 59.9 Å². The molecule has 1 unspecified atom stereocenters. The minimum Gasteiger partial charge on any atom is -0.261 e. The van der Waals surface area contributed by atoms with Crippen LogP contribution in [-0.2, 0) is 21.7 Å². The molecular weight excluding hydrogens is 392 g/mol. The Morgan fingerprint density at radius 1 is 1.03 bits per heavy atom. The molecule has 1 atom stereocenters. The van der Waals surface area contributed by atoms with E-state index in [2.05, 4.69) is 66.3 Å². The molecule has 0 aliphatic heterocycles. The normalized spacial score (nSPS) is 19.0. The molecule has 1 aromatic heterocycles. The fourth-order valence-electron chi connectivity index (χ4n) is 5.35. The molecule has 0 N–H and O–H groups in total. The average molecular weight is 417 g/mol. The lowest BCUT2D eigenvalue weighted by molar-refractivity contribution is 0.460. The zero-order valence-electron chi connectivity index (χ0n) is 17.4. The molecule has 5 rings (SSSR count). The van der Waals surface area contributed by atoms with Gasteiger partial charge in [0.1, 0.15) is 0 Å². The summed E-state index contributed by atoms with van der Waals surface area (Å²) in [6.07, 6.45) is 12.2. The van der Waals surface area contributed by atoms with E-state index in [-0.39, 0.29) is 0 Å². The van der Waals surface area contributed by atoms with Crippen molar-refractivity contribution in [1.82, 2.24) is 9.97 Å². The van der Waals surface area contributed by atoms with Crippen LogP contribution in [0.5, 0.6) is 0 Å². The fourth-order valence-corrected chi connectivity index (χ4v) is 6.98. The van der Waals surface area contributed by atoms with Gasteiger partial charge in [0, 0.05) is 29.6 Å². The molecule has 0 saturated heterocycles. The predicted octanol–water partition coefficient (Wildman–Crippen LogP) is 2.64. The van der Waals surface area contributed by atoms with Crippen LogP contribution in [0.2, 0.25) is 0 Å². The first-order valence-electron chi connectivity index (χ1n) is 10.2. The number of benzene rings is 2. The molecule has 5 heteroatoms. The molecule has 2 aromatic carbocycles. The molecule has 0 fully saturated rings. The van der Waals surface area contributed by atoms with Crippen LogP contribution in [0.3, 0.4) is 0 Å². The number of sulfone groups is 1. The molecule has 0 radical (unpaired) electrons. The summed E-state index contributed by atoms with van der Waals surface area (Å²) in [6, 6.07) is 10.6. The summed E-state index contributed by atoms with van der Waals surface area (Å²) >= 11 is 0. The van der Waals surface area contributed by atoms with Crippen LogP contribution in [0.15, 0.2) is 48.9 Å². The summed E-state index contributed by atoms with van der Waals surface area (Å²) in [7, 11) is -3.16. The zero-order chi connectivity index (χ0) is 21.1. The standard InChI is InChI=1S/C25H24N2O2S/c1-25(2)23(30(3,28)29)12-8-16-7-9-19-17-5-4-6-20(22-15-26-13-14-27-22)18(17)10-11-21(19)24(16)25/h4-10,13-15,23H,11-12H2,1-3H3.